The predicted octanol–water partition coefficient (Wildman–Crippen LogP) is 5.00. The Labute approximate surface area is 169 Å². The first kappa shape index (κ1) is 17.0. The van der Waals surface area contributed by atoms with E-state index >= 15 is 0 Å². The van der Waals surface area contributed by atoms with Crippen LogP contribution >= 0.6 is 34.9 Å². The highest BCUT2D eigenvalue weighted by molar-refractivity contribution is 7.71. The number of fused-ring (bicyclic) bond motifs is 1. The molecule has 1 aliphatic rings. The van der Waals surface area contributed by atoms with Crippen molar-refractivity contribution in [2.45, 2.75) is 19.1 Å². The fourth-order valence-electron chi connectivity index (χ4n) is 3.47. The van der Waals surface area contributed by atoms with Gasteiger partial charge in [0.25, 0.3) is 4.84 Å². The van der Waals surface area contributed by atoms with E-state index < -0.39 is 0 Å². The van der Waals surface area contributed by atoms with E-state index in [1.54, 1.807) is 28.4 Å². The lowest BCUT2D eigenvalue weighted by Crippen LogP contribution is -2.36. The number of rotatable bonds is 4. The Kier molecular flexibility index (Phi) is 4.48. The number of pyridine rings is 1. The van der Waals surface area contributed by atoms with Crippen LogP contribution in [0.25, 0.3) is 11.5 Å². The summed E-state index contributed by atoms with van der Waals surface area (Å²) in [6, 6.07) is 10.6. The third-order valence-electron chi connectivity index (χ3n) is 4.71. The van der Waals surface area contributed by atoms with Gasteiger partial charge in [-0.3, -0.25) is 9.88 Å². The highest BCUT2D eigenvalue weighted by Gasteiger charge is 2.31. The van der Waals surface area contributed by atoms with Crippen LogP contribution in [0.3, 0.4) is 0 Å². The molecule has 4 aromatic rings. The molecule has 5 nitrogen and oxygen atoms in total. The third-order valence-corrected chi connectivity index (χ3v) is 6.92. The van der Waals surface area contributed by atoms with Crippen LogP contribution < -0.4 is 0 Å². The van der Waals surface area contributed by atoms with Gasteiger partial charge in [-0.15, -0.1) is 27.8 Å². The summed E-state index contributed by atoms with van der Waals surface area (Å²) in [5, 5.41) is 8.93. The average molecular weight is 413 g/mol. The first-order valence-electron chi connectivity index (χ1n) is 8.61. The zero-order chi connectivity index (χ0) is 18.2. The smallest absolute Gasteiger partial charge is 0.288 e. The lowest BCUT2D eigenvalue weighted by Gasteiger charge is -2.34. The van der Waals surface area contributed by atoms with Crippen molar-refractivity contribution in [2.24, 2.45) is 0 Å². The van der Waals surface area contributed by atoms with Crippen molar-refractivity contribution < 1.29 is 4.42 Å². The molecule has 0 amide bonds. The van der Waals surface area contributed by atoms with Gasteiger partial charge in [-0.1, -0.05) is 6.07 Å². The minimum absolute atomic E-state index is 0.237. The van der Waals surface area contributed by atoms with E-state index in [1.807, 2.05) is 23.5 Å². The molecule has 0 saturated heterocycles. The third kappa shape index (κ3) is 3.19. The Hall–Kier alpha value is -2.13. The molecule has 0 spiro atoms. The van der Waals surface area contributed by atoms with Crippen LogP contribution in [0.4, 0.5) is 0 Å². The molecule has 136 valence electrons. The highest BCUT2D eigenvalue weighted by Crippen LogP contribution is 2.39. The average Bonchev–Trinajstić information content (AvgIpc) is 3.44. The first-order valence-corrected chi connectivity index (χ1v) is 10.8. The van der Waals surface area contributed by atoms with Gasteiger partial charge >= 0.3 is 0 Å². The molecule has 4 aromatic heterocycles. The van der Waals surface area contributed by atoms with Crippen LogP contribution in [-0.4, -0.2) is 26.2 Å². The van der Waals surface area contributed by atoms with Gasteiger partial charge in [-0.25, -0.2) is 4.68 Å². The molecule has 1 unspecified atom stereocenters. The van der Waals surface area contributed by atoms with E-state index in [1.165, 1.54) is 15.3 Å². The molecule has 0 fully saturated rings. The van der Waals surface area contributed by atoms with Crippen molar-refractivity contribution in [2.75, 3.05) is 6.54 Å². The van der Waals surface area contributed by atoms with E-state index in [-0.39, 0.29) is 6.04 Å². The van der Waals surface area contributed by atoms with Gasteiger partial charge in [0.2, 0.25) is 5.89 Å². The number of thiophene rings is 2. The number of hydrogen-bond acceptors (Lipinski definition) is 7. The second-order valence-corrected chi connectivity index (χ2v) is 8.66. The van der Waals surface area contributed by atoms with Gasteiger partial charge in [0.05, 0.1) is 18.3 Å². The van der Waals surface area contributed by atoms with Crippen LogP contribution in [0.1, 0.15) is 21.4 Å². The summed E-state index contributed by atoms with van der Waals surface area (Å²) in [5.41, 5.74) is 2.23. The Morgan fingerprint density at radius 3 is 2.96 bits per heavy atom. The number of hydrogen-bond donors (Lipinski definition) is 0. The van der Waals surface area contributed by atoms with Crippen LogP contribution in [0, 0.1) is 4.84 Å². The maximum atomic E-state index is 5.73. The molecule has 8 heteroatoms. The summed E-state index contributed by atoms with van der Waals surface area (Å²) in [4.78, 5) is 9.76. The van der Waals surface area contributed by atoms with Crippen molar-refractivity contribution >= 4 is 34.9 Å². The summed E-state index contributed by atoms with van der Waals surface area (Å²) in [7, 11) is 0. The number of nitrogens with zero attached hydrogens (tertiary/aromatic N) is 4. The van der Waals surface area contributed by atoms with Crippen molar-refractivity contribution in [3.8, 4) is 11.5 Å². The van der Waals surface area contributed by atoms with Crippen molar-refractivity contribution in [3.05, 3.63) is 73.6 Å². The standard InChI is InChI=1S/C19H16N4OS3/c25-19-23(21-18(24-19)13-3-1-7-20-11-13)12-22-8-5-15-14(6-10-27-15)17(22)16-4-2-9-26-16/h1-4,6-7,9-11,17H,5,8,12H2. The maximum Gasteiger partial charge on any atom is 0.288 e. The molecule has 27 heavy (non-hydrogen) atoms. The summed E-state index contributed by atoms with van der Waals surface area (Å²) in [6.45, 7) is 1.56. The van der Waals surface area contributed by atoms with Gasteiger partial charge in [-0.2, -0.15) is 0 Å². The Balaban J connectivity index is 1.48. The van der Waals surface area contributed by atoms with E-state index in [2.05, 4.69) is 43.9 Å². The van der Waals surface area contributed by atoms with Crippen molar-refractivity contribution in [1.82, 2.24) is 19.7 Å². The normalized spacial score (nSPS) is 17.1. The molecule has 5 heterocycles. The highest BCUT2D eigenvalue weighted by atomic mass is 32.1. The molecule has 0 radical (unpaired) electrons. The molecular weight excluding hydrogens is 396 g/mol. The van der Waals surface area contributed by atoms with Gasteiger partial charge in [-0.05, 0) is 59.2 Å². The Morgan fingerprint density at radius 2 is 2.15 bits per heavy atom. The molecule has 1 atom stereocenters. The molecule has 0 bridgehead atoms. The van der Waals surface area contributed by atoms with Gasteiger partial charge in [0, 0.05) is 28.7 Å². The summed E-state index contributed by atoms with van der Waals surface area (Å²) < 4.78 is 7.50. The molecule has 0 aliphatic carbocycles. The second kappa shape index (κ2) is 7.12. The fourth-order valence-corrected chi connectivity index (χ4v) is 5.43. The molecule has 0 aromatic carbocycles. The summed E-state index contributed by atoms with van der Waals surface area (Å²) in [6.07, 6.45) is 4.51. The topological polar surface area (TPSA) is 47.1 Å². The Bertz CT molecular complexity index is 1100. The van der Waals surface area contributed by atoms with Crippen LogP contribution in [0.2, 0.25) is 0 Å². The fraction of sp³-hybridized carbons (Fsp3) is 0.211. The van der Waals surface area contributed by atoms with Gasteiger partial charge in [0.1, 0.15) is 0 Å². The molecule has 1 aliphatic heterocycles. The van der Waals surface area contributed by atoms with Gasteiger partial charge in [0.15, 0.2) is 0 Å². The van der Waals surface area contributed by atoms with Crippen molar-refractivity contribution in [1.29, 1.82) is 0 Å². The second-order valence-electron chi connectivity index (χ2n) is 6.34. The van der Waals surface area contributed by atoms with Crippen LogP contribution in [0.5, 0.6) is 0 Å². The lowest BCUT2D eigenvalue weighted by molar-refractivity contribution is 0.157. The van der Waals surface area contributed by atoms with E-state index in [0.717, 1.165) is 18.5 Å². The van der Waals surface area contributed by atoms with Gasteiger partial charge < -0.3 is 4.42 Å². The SMILES string of the molecule is S=c1oc(-c2cccnc2)nn1CN1CCc2sccc2C1c1cccs1. The monoisotopic (exact) mass is 412 g/mol. The number of aromatic nitrogens is 3. The quantitative estimate of drug-likeness (QED) is 0.442. The minimum Gasteiger partial charge on any atom is -0.409 e. The molecule has 5 rings (SSSR count). The largest absolute Gasteiger partial charge is 0.409 e. The molecular formula is C19H16N4OS3. The minimum atomic E-state index is 0.237. The summed E-state index contributed by atoms with van der Waals surface area (Å²) in [5.74, 6) is 0.508. The molecule has 0 N–H and O–H groups in total. The van der Waals surface area contributed by atoms with Crippen LogP contribution in [-0.2, 0) is 13.1 Å². The Morgan fingerprint density at radius 1 is 1.19 bits per heavy atom. The zero-order valence-electron chi connectivity index (χ0n) is 14.3. The van der Waals surface area contributed by atoms with Crippen molar-refractivity contribution in [3.63, 3.8) is 0 Å². The van der Waals surface area contributed by atoms with E-state index in [9.17, 15) is 0 Å². The molecule has 0 saturated carbocycles. The lowest BCUT2D eigenvalue weighted by atomic mass is 9.99. The maximum absolute atomic E-state index is 5.73. The van der Waals surface area contributed by atoms with Crippen LogP contribution in [0.15, 0.2) is 57.9 Å². The van der Waals surface area contributed by atoms with E-state index in [0.29, 0.717) is 17.4 Å². The predicted molar refractivity (Wildman–Crippen MR) is 109 cm³/mol. The zero-order valence-corrected chi connectivity index (χ0v) is 16.8. The van der Waals surface area contributed by atoms with E-state index in [4.69, 9.17) is 16.6 Å². The first-order chi connectivity index (χ1) is 13.3. The summed E-state index contributed by atoms with van der Waals surface area (Å²) >= 11 is 9.07.